The van der Waals surface area contributed by atoms with E-state index in [9.17, 15) is 4.79 Å². The molecule has 7 heteroatoms. The summed E-state index contributed by atoms with van der Waals surface area (Å²) in [7, 11) is 1.41. The number of esters is 1. The van der Waals surface area contributed by atoms with Gasteiger partial charge in [0.1, 0.15) is 0 Å². The van der Waals surface area contributed by atoms with Gasteiger partial charge in [0.15, 0.2) is 5.13 Å². The summed E-state index contributed by atoms with van der Waals surface area (Å²) in [5.74, 6) is -0.539. The van der Waals surface area contributed by atoms with E-state index in [2.05, 4.69) is 10.3 Å². The number of carbonyl (C=O) groups is 1. The van der Waals surface area contributed by atoms with Gasteiger partial charge in [0.05, 0.1) is 28.8 Å². The van der Waals surface area contributed by atoms with E-state index >= 15 is 0 Å². The number of rotatable bonds is 7. The van der Waals surface area contributed by atoms with Crippen LogP contribution in [0.5, 0.6) is 0 Å². The summed E-state index contributed by atoms with van der Waals surface area (Å²) >= 11 is 13.5. The fourth-order valence-corrected chi connectivity index (χ4v) is 3.69. The van der Waals surface area contributed by atoms with Crippen molar-refractivity contribution in [3.05, 3.63) is 69.5 Å². The van der Waals surface area contributed by atoms with Crippen molar-refractivity contribution in [3.63, 3.8) is 0 Å². The number of halogens is 2. The highest BCUT2D eigenvalue weighted by molar-refractivity contribution is 7.14. The highest BCUT2D eigenvalue weighted by Gasteiger charge is 2.20. The average Bonchev–Trinajstić information content (AvgIpc) is 3.16. The fourth-order valence-electron chi connectivity index (χ4n) is 2.66. The van der Waals surface area contributed by atoms with Crippen LogP contribution in [0.15, 0.2) is 53.9 Å². The average molecular weight is 421 g/mol. The van der Waals surface area contributed by atoms with Gasteiger partial charge in [-0.1, -0.05) is 59.6 Å². The van der Waals surface area contributed by atoms with E-state index in [-0.39, 0.29) is 11.9 Å². The summed E-state index contributed by atoms with van der Waals surface area (Å²) in [6.07, 6.45) is 0.603. The molecule has 2 aromatic carbocycles. The Labute approximate surface area is 172 Å². The first-order valence-electron chi connectivity index (χ1n) is 8.33. The first kappa shape index (κ1) is 19.7. The Hall–Kier alpha value is -2.08. The van der Waals surface area contributed by atoms with Crippen molar-refractivity contribution in [3.8, 4) is 11.3 Å². The van der Waals surface area contributed by atoms with Gasteiger partial charge in [-0.3, -0.25) is 4.79 Å². The zero-order valence-electron chi connectivity index (χ0n) is 14.6. The van der Waals surface area contributed by atoms with E-state index in [1.165, 1.54) is 18.4 Å². The Morgan fingerprint density at radius 2 is 1.96 bits per heavy atom. The predicted molar refractivity (Wildman–Crippen MR) is 112 cm³/mol. The van der Waals surface area contributed by atoms with Crippen LogP contribution in [0.25, 0.3) is 11.3 Å². The van der Waals surface area contributed by atoms with Crippen LogP contribution in [0.1, 0.15) is 5.56 Å². The third-order valence-corrected chi connectivity index (χ3v) is 5.62. The van der Waals surface area contributed by atoms with Gasteiger partial charge in [0.25, 0.3) is 0 Å². The lowest BCUT2D eigenvalue weighted by Crippen LogP contribution is -2.26. The molecule has 27 heavy (non-hydrogen) atoms. The molecule has 0 amide bonds. The molecule has 1 N–H and O–H groups in total. The van der Waals surface area contributed by atoms with E-state index in [1.54, 1.807) is 12.1 Å². The van der Waals surface area contributed by atoms with Crippen LogP contribution < -0.4 is 5.32 Å². The number of methoxy groups -OCH3 is 1. The monoisotopic (exact) mass is 420 g/mol. The van der Waals surface area contributed by atoms with Gasteiger partial charge in [-0.05, 0) is 24.1 Å². The van der Waals surface area contributed by atoms with Crippen LogP contribution in [0.3, 0.4) is 0 Å². The molecule has 1 unspecified atom stereocenters. The van der Waals surface area contributed by atoms with E-state index in [4.69, 9.17) is 27.9 Å². The molecule has 1 aromatic heterocycles. The quantitative estimate of drug-likeness (QED) is 0.508. The maximum atomic E-state index is 12.1. The van der Waals surface area contributed by atoms with Crippen molar-refractivity contribution in [1.82, 2.24) is 4.98 Å². The Balaban J connectivity index is 1.67. The zero-order valence-corrected chi connectivity index (χ0v) is 16.9. The summed E-state index contributed by atoms with van der Waals surface area (Å²) in [4.78, 5) is 16.7. The second-order valence-electron chi connectivity index (χ2n) is 5.96. The highest BCUT2D eigenvalue weighted by Crippen LogP contribution is 2.30. The number of carbonyl (C=O) groups excluding carboxylic acids is 1. The summed E-state index contributed by atoms with van der Waals surface area (Å²) in [5.41, 5.74) is 2.78. The Morgan fingerprint density at radius 3 is 2.67 bits per heavy atom. The normalized spacial score (nSPS) is 11.8. The molecule has 3 aromatic rings. The second kappa shape index (κ2) is 9.22. The van der Waals surface area contributed by atoms with Gasteiger partial charge < -0.3 is 10.1 Å². The molecule has 1 atom stereocenters. The number of ether oxygens (including phenoxy) is 1. The third kappa shape index (κ3) is 5.22. The SMILES string of the molecule is COC(=O)C(CNc1nc(-c2ccc(Cl)c(Cl)c2)cs1)Cc1ccccc1. The lowest BCUT2D eigenvalue weighted by Gasteiger charge is -2.15. The lowest BCUT2D eigenvalue weighted by atomic mass is 9.99. The minimum Gasteiger partial charge on any atom is -0.469 e. The van der Waals surface area contributed by atoms with Crippen LogP contribution in [0.4, 0.5) is 5.13 Å². The maximum absolute atomic E-state index is 12.1. The second-order valence-corrected chi connectivity index (χ2v) is 7.63. The van der Waals surface area contributed by atoms with Gasteiger partial charge in [0, 0.05) is 17.5 Å². The number of benzene rings is 2. The molecular formula is C20H18Cl2N2O2S. The van der Waals surface area contributed by atoms with E-state index < -0.39 is 0 Å². The molecule has 0 saturated heterocycles. The Bertz CT molecular complexity index is 915. The molecule has 0 saturated carbocycles. The van der Waals surface area contributed by atoms with Gasteiger partial charge in [-0.25, -0.2) is 4.98 Å². The number of hydrogen-bond acceptors (Lipinski definition) is 5. The minimum absolute atomic E-state index is 0.243. The molecular weight excluding hydrogens is 403 g/mol. The molecule has 0 aliphatic heterocycles. The molecule has 0 fully saturated rings. The molecule has 0 bridgehead atoms. The first-order chi connectivity index (χ1) is 13.1. The molecule has 140 valence electrons. The van der Waals surface area contributed by atoms with E-state index in [0.717, 1.165) is 22.0 Å². The highest BCUT2D eigenvalue weighted by atomic mass is 35.5. The fraction of sp³-hybridized carbons (Fsp3) is 0.200. The number of nitrogens with zero attached hydrogens (tertiary/aromatic N) is 1. The van der Waals surface area contributed by atoms with Gasteiger partial charge in [-0.2, -0.15) is 0 Å². The molecule has 1 heterocycles. The van der Waals surface area contributed by atoms with Crippen LogP contribution in [0.2, 0.25) is 10.0 Å². The van der Waals surface area contributed by atoms with Gasteiger partial charge in [0.2, 0.25) is 0 Å². The lowest BCUT2D eigenvalue weighted by molar-refractivity contribution is -0.144. The van der Waals surface area contributed by atoms with Crippen molar-refractivity contribution in [1.29, 1.82) is 0 Å². The first-order valence-corrected chi connectivity index (χ1v) is 9.97. The summed E-state index contributed by atoms with van der Waals surface area (Å²) in [6, 6.07) is 15.3. The largest absolute Gasteiger partial charge is 0.469 e. The van der Waals surface area contributed by atoms with Crippen molar-refractivity contribution in [2.75, 3.05) is 19.0 Å². The standard InChI is InChI=1S/C20H18Cl2N2O2S/c1-26-19(25)15(9-13-5-3-2-4-6-13)11-23-20-24-18(12-27-20)14-7-8-16(21)17(22)10-14/h2-8,10,12,15H,9,11H2,1H3,(H,23,24). The molecule has 4 nitrogen and oxygen atoms in total. The third-order valence-electron chi connectivity index (χ3n) is 4.08. The van der Waals surface area contributed by atoms with Crippen molar-refractivity contribution in [2.24, 2.45) is 5.92 Å². The van der Waals surface area contributed by atoms with Crippen LogP contribution in [0, 0.1) is 5.92 Å². The number of aromatic nitrogens is 1. The smallest absolute Gasteiger partial charge is 0.310 e. The summed E-state index contributed by atoms with van der Waals surface area (Å²) < 4.78 is 4.95. The number of nitrogens with one attached hydrogen (secondary N) is 1. The van der Waals surface area contributed by atoms with Crippen molar-refractivity contribution < 1.29 is 9.53 Å². The summed E-state index contributed by atoms with van der Waals surface area (Å²) in [6.45, 7) is 0.440. The molecule has 0 radical (unpaired) electrons. The number of anilines is 1. The minimum atomic E-state index is -0.297. The van der Waals surface area contributed by atoms with E-state index in [1.807, 2.05) is 41.8 Å². The molecule has 0 aliphatic carbocycles. The molecule has 0 spiro atoms. The molecule has 0 aliphatic rings. The van der Waals surface area contributed by atoms with Crippen LogP contribution >= 0.6 is 34.5 Å². The van der Waals surface area contributed by atoms with Crippen molar-refractivity contribution in [2.45, 2.75) is 6.42 Å². The van der Waals surface area contributed by atoms with Crippen LogP contribution in [-0.2, 0) is 16.0 Å². The Morgan fingerprint density at radius 1 is 1.19 bits per heavy atom. The maximum Gasteiger partial charge on any atom is 0.310 e. The predicted octanol–water partition coefficient (Wildman–Crippen LogP) is 5.56. The van der Waals surface area contributed by atoms with Crippen molar-refractivity contribution >= 4 is 45.6 Å². The van der Waals surface area contributed by atoms with Crippen LogP contribution in [-0.4, -0.2) is 24.6 Å². The number of hydrogen-bond donors (Lipinski definition) is 1. The topological polar surface area (TPSA) is 51.2 Å². The summed E-state index contributed by atoms with van der Waals surface area (Å²) in [5, 5.41) is 6.92. The van der Waals surface area contributed by atoms with E-state index in [0.29, 0.717) is 23.0 Å². The molecule has 3 rings (SSSR count). The van der Waals surface area contributed by atoms with Gasteiger partial charge >= 0.3 is 5.97 Å². The number of thiazole rings is 1. The Kier molecular flexibility index (Phi) is 6.72. The zero-order chi connectivity index (χ0) is 19.2. The van der Waals surface area contributed by atoms with Gasteiger partial charge in [-0.15, -0.1) is 11.3 Å².